The zero-order chi connectivity index (χ0) is 51.7. The van der Waals surface area contributed by atoms with E-state index in [9.17, 15) is 14.8 Å². The molecule has 0 unspecified atom stereocenters. The van der Waals surface area contributed by atoms with Gasteiger partial charge in [-0.25, -0.2) is 24.5 Å². The molecule has 0 aliphatic rings. The smallest absolute Gasteiger partial charge is 0.410 e. The summed E-state index contributed by atoms with van der Waals surface area (Å²) in [5, 5.41) is 14.5. The number of anilines is 1. The fourth-order valence-electron chi connectivity index (χ4n) is 8.06. The van der Waals surface area contributed by atoms with E-state index in [1.54, 1.807) is 15.9 Å². The third kappa shape index (κ3) is 14.5. The van der Waals surface area contributed by atoms with Gasteiger partial charge in [0.05, 0.1) is 61.5 Å². The highest BCUT2D eigenvalue weighted by Crippen LogP contribution is 2.32. The van der Waals surface area contributed by atoms with Crippen molar-refractivity contribution in [2.45, 2.75) is 113 Å². The molecule has 4 aromatic heterocycles. The van der Waals surface area contributed by atoms with E-state index in [4.69, 9.17) is 34.6 Å². The summed E-state index contributed by atoms with van der Waals surface area (Å²) >= 11 is 6.98. The van der Waals surface area contributed by atoms with E-state index in [0.717, 1.165) is 52.1 Å². The molecule has 73 heavy (non-hydrogen) atoms. The first-order valence-electron chi connectivity index (χ1n) is 24.0. The van der Waals surface area contributed by atoms with Crippen LogP contribution in [-0.2, 0) is 58.3 Å². The molecule has 8 rings (SSSR count). The van der Waals surface area contributed by atoms with E-state index in [-0.39, 0.29) is 26.6 Å². The summed E-state index contributed by atoms with van der Waals surface area (Å²) in [5.41, 5.74) is 11.6. The number of carbonyl (C=O) groups excluding carboxylic acids is 2. The number of pyridine rings is 2. The van der Waals surface area contributed by atoms with Gasteiger partial charge in [0.1, 0.15) is 28.4 Å². The van der Waals surface area contributed by atoms with Crippen LogP contribution in [0.25, 0.3) is 43.9 Å². The minimum absolute atomic E-state index is 0. The fourth-order valence-corrected chi connectivity index (χ4v) is 8.76. The molecule has 0 aliphatic heterocycles. The SMILES string of the molecule is C.CCN(Cc1nc2c(N)nc3cc(Br)ccc3c2n1CCOCc1ccccc1)C(=O)OC(C)(C)C.CCN(Cc1nc2c[n+]([O-])c3cc(Br)ccc3c2n1CCOCc1ccccc1)C(=O)OC(C)(C)C. The highest BCUT2D eigenvalue weighted by Gasteiger charge is 2.27. The van der Waals surface area contributed by atoms with E-state index in [2.05, 4.69) is 41.4 Å². The molecule has 0 spiro atoms. The topological polar surface area (TPSA) is 179 Å². The molecule has 0 radical (unpaired) electrons. The third-order valence-corrected chi connectivity index (χ3v) is 12.4. The van der Waals surface area contributed by atoms with E-state index in [1.807, 2.05) is 151 Å². The van der Waals surface area contributed by atoms with Crippen molar-refractivity contribution in [3.05, 3.63) is 140 Å². The highest BCUT2D eigenvalue weighted by atomic mass is 79.9. The molecule has 2 N–H and O–H groups in total. The van der Waals surface area contributed by atoms with Crippen molar-refractivity contribution < 1.29 is 33.3 Å². The van der Waals surface area contributed by atoms with Crippen LogP contribution in [0, 0.1) is 5.21 Å². The molecule has 4 heterocycles. The minimum atomic E-state index is -0.604. The van der Waals surface area contributed by atoms with Gasteiger partial charge in [-0.2, -0.15) is 4.73 Å². The van der Waals surface area contributed by atoms with Crippen LogP contribution in [0.3, 0.4) is 0 Å². The van der Waals surface area contributed by atoms with Crippen molar-refractivity contribution in [1.82, 2.24) is 33.9 Å². The van der Waals surface area contributed by atoms with Crippen LogP contribution >= 0.6 is 31.9 Å². The number of imidazole rings is 2. The number of halogens is 2. The molecule has 2 amide bonds. The number of nitrogens with two attached hydrogens (primary N) is 1. The number of hydrogen-bond acceptors (Lipinski definition) is 11. The summed E-state index contributed by atoms with van der Waals surface area (Å²) in [6, 6.07) is 31.6. The van der Waals surface area contributed by atoms with Crippen LogP contribution < -0.4 is 10.5 Å². The highest BCUT2D eigenvalue weighted by molar-refractivity contribution is 9.10. The maximum absolute atomic E-state index is 12.9. The summed E-state index contributed by atoms with van der Waals surface area (Å²) in [7, 11) is 0. The van der Waals surface area contributed by atoms with E-state index < -0.39 is 17.3 Å². The number of aromatic nitrogens is 6. The number of nitrogen functional groups attached to an aromatic ring is 1. The van der Waals surface area contributed by atoms with Gasteiger partial charge in [0.25, 0.3) is 0 Å². The molecule has 0 fully saturated rings. The molecule has 8 aromatic rings. The standard InChI is InChI=1S/C27H32BrN5O3.C27H31BrN4O4.CH4/c1-5-32(26(34)36-27(2,3)4)16-22-31-23-24(20-12-11-19(28)15-21(20)30-25(23)29)33(22)13-14-35-17-18-9-7-6-8-10-18;1-5-30(26(33)36-27(2,3)4)17-24-29-22-16-32(34)23-15-20(28)11-12-21(23)25(22)31(24)13-14-35-18-19-9-7-6-8-10-19;/h6-12,15H,5,13-14,16-17H2,1-4H3,(H2,29,30);6-12,15-16H,5,13-14,17-18H2,1-4H3;1H4. The summed E-state index contributed by atoms with van der Waals surface area (Å²) < 4.78 is 29.9. The lowest BCUT2D eigenvalue weighted by Crippen LogP contribution is -2.37. The van der Waals surface area contributed by atoms with E-state index in [0.29, 0.717) is 86.6 Å². The number of hydrogen-bond donors (Lipinski definition) is 1. The van der Waals surface area contributed by atoms with E-state index in [1.165, 1.54) is 6.20 Å². The Balaban J connectivity index is 0.000000235. The van der Waals surface area contributed by atoms with Gasteiger partial charge in [-0.1, -0.05) is 100.0 Å². The Kier molecular flexibility index (Phi) is 18.9. The Hall–Kier alpha value is -6.34. The zero-order valence-corrected chi connectivity index (χ0v) is 45.3. The molecule has 0 saturated carbocycles. The minimum Gasteiger partial charge on any atom is -0.618 e. The van der Waals surface area contributed by atoms with Gasteiger partial charge >= 0.3 is 12.2 Å². The van der Waals surface area contributed by atoms with Crippen molar-refractivity contribution in [3.8, 4) is 0 Å². The third-order valence-electron chi connectivity index (χ3n) is 11.4. The molecular formula is C55H67Br2N9O7. The van der Waals surface area contributed by atoms with E-state index >= 15 is 0 Å². The average molecular weight is 1130 g/mol. The van der Waals surface area contributed by atoms with Gasteiger partial charge in [-0.15, -0.1) is 0 Å². The van der Waals surface area contributed by atoms with Crippen LogP contribution in [-0.4, -0.2) is 83.6 Å². The second-order valence-corrected chi connectivity index (χ2v) is 21.0. The number of ether oxygens (including phenoxy) is 4. The Morgan fingerprint density at radius 3 is 1.64 bits per heavy atom. The molecule has 18 heteroatoms. The first kappa shape index (κ1) is 56.0. The quantitative estimate of drug-likeness (QED) is 0.0553. The Morgan fingerprint density at radius 2 is 1.14 bits per heavy atom. The lowest BCUT2D eigenvalue weighted by molar-refractivity contribution is -0.575. The second kappa shape index (κ2) is 24.6. The molecule has 0 aliphatic carbocycles. The average Bonchev–Trinajstić information content (AvgIpc) is 3.87. The van der Waals surface area contributed by atoms with Gasteiger partial charge < -0.3 is 48.8 Å². The molecule has 0 bridgehead atoms. The Labute approximate surface area is 444 Å². The second-order valence-electron chi connectivity index (χ2n) is 19.1. The van der Waals surface area contributed by atoms with Crippen LogP contribution in [0.15, 0.2) is 112 Å². The number of rotatable bonds is 16. The van der Waals surface area contributed by atoms with Crippen LogP contribution in [0.4, 0.5) is 15.4 Å². The molecule has 388 valence electrons. The molecule has 4 aromatic carbocycles. The monoisotopic (exact) mass is 1120 g/mol. The summed E-state index contributed by atoms with van der Waals surface area (Å²) in [6.45, 7) is 19.3. The van der Waals surface area contributed by atoms with Crippen molar-refractivity contribution in [1.29, 1.82) is 0 Å². The normalized spacial score (nSPS) is 11.6. The summed E-state index contributed by atoms with van der Waals surface area (Å²) in [4.78, 5) is 43.1. The maximum atomic E-state index is 12.9. The van der Waals surface area contributed by atoms with Gasteiger partial charge in [-0.3, -0.25) is 0 Å². The van der Waals surface area contributed by atoms with Crippen molar-refractivity contribution in [3.63, 3.8) is 0 Å². The van der Waals surface area contributed by atoms with Crippen molar-refractivity contribution in [2.75, 3.05) is 32.0 Å². The van der Waals surface area contributed by atoms with Crippen LogP contribution in [0.1, 0.15) is 85.6 Å². The van der Waals surface area contributed by atoms with Gasteiger partial charge in [0, 0.05) is 46.6 Å². The molecular weight excluding hydrogens is 1060 g/mol. The predicted molar refractivity (Wildman–Crippen MR) is 295 cm³/mol. The van der Waals surface area contributed by atoms with Crippen LogP contribution in [0.5, 0.6) is 0 Å². The number of amides is 2. The first-order chi connectivity index (χ1) is 34.3. The maximum Gasteiger partial charge on any atom is 0.410 e. The van der Waals surface area contributed by atoms with Crippen molar-refractivity contribution >= 4 is 93.7 Å². The van der Waals surface area contributed by atoms with Gasteiger partial charge in [0.15, 0.2) is 11.3 Å². The number of benzene rings is 4. The number of carbonyl (C=O) groups is 2. The molecule has 16 nitrogen and oxygen atoms in total. The largest absolute Gasteiger partial charge is 0.618 e. The Morgan fingerprint density at radius 1 is 0.658 bits per heavy atom. The van der Waals surface area contributed by atoms with Gasteiger partial charge in [-0.05, 0) is 96.8 Å². The first-order valence-corrected chi connectivity index (χ1v) is 25.5. The Bertz CT molecular complexity index is 3150. The summed E-state index contributed by atoms with van der Waals surface area (Å²) in [6.07, 6.45) is 0.694. The van der Waals surface area contributed by atoms with Gasteiger partial charge in [0.2, 0.25) is 11.7 Å². The predicted octanol–water partition coefficient (Wildman–Crippen LogP) is 12.1. The summed E-state index contributed by atoms with van der Waals surface area (Å²) in [5.74, 6) is 1.71. The zero-order valence-electron chi connectivity index (χ0n) is 42.2. The number of fused-ring (bicyclic) bond motifs is 6. The van der Waals surface area contributed by atoms with Crippen LogP contribution in [0.2, 0.25) is 0 Å². The number of nitrogens with zero attached hydrogens (tertiary/aromatic N) is 8. The lowest BCUT2D eigenvalue weighted by atomic mass is 10.2. The van der Waals surface area contributed by atoms with Crippen molar-refractivity contribution in [2.24, 2.45) is 0 Å². The fraction of sp³-hybridized carbons (Fsp3) is 0.382. The molecule has 0 atom stereocenters. The lowest BCUT2D eigenvalue weighted by Gasteiger charge is -2.26. The molecule has 0 saturated heterocycles.